The first-order chi connectivity index (χ1) is 8.91. The first-order valence-corrected chi connectivity index (χ1v) is 6.94. The van der Waals surface area contributed by atoms with Gasteiger partial charge in [-0.1, -0.05) is 52.5 Å². The Labute approximate surface area is 135 Å². The molecule has 98 valence electrons. The van der Waals surface area contributed by atoms with Gasteiger partial charge in [0, 0.05) is 10.6 Å². The molecule has 19 heavy (non-hydrogen) atoms. The van der Waals surface area contributed by atoms with Gasteiger partial charge in [0.05, 0.1) is 20.6 Å². The molecule has 6 heteroatoms. The van der Waals surface area contributed by atoms with E-state index in [1.54, 1.807) is 24.3 Å². The highest BCUT2D eigenvalue weighted by atomic mass is 35.5. The second-order valence-corrected chi connectivity index (χ2v) is 5.63. The fourth-order valence-electron chi connectivity index (χ4n) is 1.62. The molecule has 0 N–H and O–H groups in total. The van der Waals surface area contributed by atoms with Gasteiger partial charge in [-0.25, -0.2) is 0 Å². The number of benzene rings is 2. The molecule has 0 fully saturated rings. The molecule has 0 atom stereocenters. The van der Waals surface area contributed by atoms with Gasteiger partial charge < -0.3 is 0 Å². The van der Waals surface area contributed by atoms with Crippen LogP contribution in [0.1, 0.15) is 10.4 Å². The number of carbonyl (C=O) groups excluding carboxylic acids is 1. The summed E-state index contributed by atoms with van der Waals surface area (Å²) >= 11 is 29.6. The van der Waals surface area contributed by atoms with Gasteiger partial charge in [-0.05, 0) is 41.4 Å². The fourth-order valence-corrected chi connectivity index (χ4v) is 2.85. The van der Waals surface area contributed by atoms with Crippen LogP contribution in [0, 0.1) is 0 Å². The SMILES string of the molecule is O=C(Cl)c1ccc(-c2c(Cl)ccc(Cl)c2Cl)cc1Cl. The van der Waals surface area contributed by atoms with E-state index in [4.69, 9.17) is 58.0 Å². The van der Waals surface area contributed by atoms with E-state index in [2.05, 4.69) is 0 Å². The van der Waals surface area contributed by atoms with Gasteiger partial charge in [-0.3, -0.25) is 4.79 Å². The van der Waals surface area contributed by atoms with Crippen molar-refractivity contribution in [1.82, 2.24) is 0 Å². The molecular weight excluding hydrogens is 349 g/mol. The van der Waals surface area contributed by atoms with E-state index in [1.165, 1.54) is 6.07 Å². The van der Waals surface area contributed by atoms with E-state index in [0.717, 1.165) is 0 Å². The number of halogens is 5. The molecule has 2 aromatic carbocycles. The first kappa shape index (κ1) is 15.0. The predicted octanol–water partition coefficient (Wildman–Crippen LogP) is 6.35. The number of carbonyl (C=O) groups is 1. The fraction of sp³-hybridized carbons (Fsp3) is 0. The highest BCUT2D eigenvalue weighted by Crippen LogP contribution is 2.40. The minimum atomic E-state index is -0.625. The smallest absolute Gasteiger partial charge is 0.253 e. The van der Waals surface area contributed by atoms with Crippen molar-refractivity contribution in [2.45, 2.75) is 0 Å². The Kier molecular flexibility index (Phi) is 4.65. The van der Waals surface area contributed by atoms with E-state index < -0.39 is 5.24 Å². The zero-order chi connectivity index (χ0) is 14.2. The Hall–Kier alpha value is -0.440. The second-order valence-electron chi connectivity index (χ2n) is 3.69. The zero-order valence-corrected chi connectivity index (χ0v) is 13.0. The molecule has 0 aliphatic carbocycles. The maximum absolute atomic E-state index is 11.1. The van der Waals surface area contributed by atoms with Crippen LogP contribution in [0.5, 0.6) is 0 Å². The molecular formula is C13H5Cl5O. The maximum atomic E-state index is 11.1. The average molecular weight is 354 g/mol. The van der Waals surface area contributed by atoms with Crippen LogP contribution >= 0.6 is 58.0 Å². The second kappa shape index (κ2) is 5.90. The molecule has 0 saturated carbocycles. The van der Waals surface area contributed by atoms with Crippen molar-refractivity contribution >= 4 is 63.2 Å². The van der Waals surface area contributed by atoms with Gasteiger partial charge >= 0.3 is 0 Å². The summed E-state index contributed by atoms with van der Waals surface area (Å²) in [5.41, 5.74) is 1.44. The Bertz CT molecular complexity index is 666. The minimum absolute atomic E-state index is 0.223. The summed E-state index contributed by atoms with van der Waals surface area (Å²) in [6, 6.07) is 7.99. The van der Waals surface area contributed by atoms with Crippen LogP contribution in [0.3, 0.4) is 0 Å². The lowest BCUT2D eigenvalue weighted by Gasteiger charge is -2.10. The quantitative estimate of drug-likeness (QED) is 0.454. The molecule has 0 saturated heterocycles. The zero-order valence-electron chi connectivity index (χ0n) is 9.18. The van der Waals surface area contributed by atoms with Gasteiger partial charge in [0.25, 0.3) is 5.24 Å². The predicted molar refractivity (Wildman–Crippen MR) is 82.1 cm³/mol. The summed E-state index contributed by atoms with van der Waals surface area (Å²) < 4.78 is 0. The van der Waals surface area contributed by atoms with Crippen LogP contribution in [0.25, 0.3) is 11.1 Å². The van der Waals surface area contributed by atoms with Crippen molar-refractivity contribution in [3.63, 3.8) is 0 Å². The van der Waals surface area contributed by atoms with Crippen molar-refractivity contribution in [3.05, 3.63) is 56.0 Å². The van der Waals surface area contributed by atoms with E-state index in [9.17, 15) is 4.79 Å². The molecule has 0 radical (unpaired) electrons. The normalized spacial score (nSPS) is 10.6. The molecule has 2 rings (SSSR count). The Morgan fingerprint density at radius 1 is 0.842 bits per heavy atom. The van der Waals surface area contributed by atoms with Crippen molar-refractivity contribution in [2.75, 3.05) is 0 Å². The van der Waals surface area contributed by atoms with Crippen LogP contribution in [-0.2, 0) is 0 Å². The van der Waals surface area contributed by atoms with E-state index in [-0.39, 0.29) is 10.6 Å². The van der Waals surface area contributed by atoms with Crippen LogP contribution < -0.4 is 0 Å². The molecule has 2 aromatic rings. The lowest BCUT2D eigenvalue weighted by molar-refractivity contribution is 0.108. The summed E-state index contributed by atoms with van der Waals surface area (Å²) in [5.74, 6) is 0. The highest BCUT2D eigenvalue weighted by molar-refractivity contribution is 6.68. The topological polar surface area (TPSA) is 17.1 Å². The third kappa shape index (κ3) is 3.01. The lowest BCUT2D eigenvalue weighted by Crippen LogP contribution is -1.91. The third-order valence-electron chi connectivity index (χ3n) is 2.51. The lowest BCUT2D eigenvalue weighted by atomic mass is 10.0. The largest absolute Gasteiger partial charge is 0.276 e. The molecule has 0 bridgehead atoms. The molecule has 0 heterocycles. The number of hydrogen-bond acceptors (Lipinski definition) is 1. The summed E-state index contributed by atoms with van der Waals surface area (Å²) in [6.45, 7) is 0. The molecule has 0 aromatic heterocycles. The Balaban J connectivity index is 2.64. The van der Waals surface area contributed by atoms with Gasteiger partial charge in [0.15, 0.2) is 0 Å². The molecule has 1 nitrogen and oxygen atoms in total. The minimum Gasteiger partial charge on any atom is -0.276 e. The van der Waals surface area contributed by atoms with Gasteiger partial charge in [-0.2, -0.15) is 0 Å². The van der Waals surface area contributed by atoms with Crippen molar-refractivity contribution in [3.8, 4) is 11.1 Å². The highest BCUT2D eigenvalue weighted by Gasteiger charge is 2.14. The van der Waals surface area contributed by atoms with Gasteiger partial charge in [0.1, 0.15) is 0 Å². The van der Waals surface area contributed by atoms with Crippen molar-refractivity contribution in [1.29, 1.82) is 0 Å². The number of rotatable bonds is 2. The van der Waals surface area contributed by atoms with Gasteiger partial charge in [0.2, 0.25) is 0 Å². The van der Waals surface area contributed by atoms with E-state index in [0.29, 0.717) is 26.2 Å². The summed E-state index contributed by atoms with van der Waals surface area (Å²) in [5, 5.41) is 0.754. The average Bonchev–Trinajstić information content (AvgIpc) is 2.34. The molecule has 0 amide bonds. The summed E-state index contributed by atoms with van der Waals surface area (Å²) in [4.78, 5) is 11.1. The monoisotopic (exact) mass is 352 g/mol. The van der Waals surface area contributed by atoms with Crippen LogP contribution in [-0.4, -0.2) is 5.24 Å². The van der Waals surface area contributed by atoms with E-state index in [1.807, 2.05) is 0 Å². The van der Waals surface area contributed by atoms with Crippen molar-refractivity contribution in [2.24, 2.45) is 0 Å². The molecule has 0 aliphatic rings. The third-order valence-corrected chi connectivity index (χ3v) is 4.15. The van der Waals surface area contributed by atoms with Crippen molar-refractivity contribution < 1.29 is 4.79 Å². The maximum Gasteiger partial charge on any atom is 0.253 e. The number of hydrogen-bond donors (Lipinski definition) is 0. The molecule has 0 unspecified atom stereocenters. The summed E-state index contributed by atoms with van der Waals surface area (Å²) in [7, 11) is 0. The molecule has 0 aliphatic heterocycles. The summed E-state index contributed by atoms with van der Waals surface area (Å²) in [6.07, 6.45) is 0. The Morgan fingerprint density at radius 3 is 2.05 bits per heavy atom. The van der Waals surface area contributed by atoms with Gasteiger partial charge in [-0.15, -0.1) is 0 Å². The van der Waals surface area contributed by atoms with Crippen LogP contribution in [0.2, 0.25) is 20.1 Å². The van der Waals surface area contributed by atoms with Crippen LogP contribution in [0.15, 0.2) is 30.3 Å². The first-order valence-electron chi connectivity index (χ1n) is 5.05. The Morgan fingerprint density at radius 2 is 1.47 bits per heavy atom. The van der Waals surface area contributed by atoms with E-state index >= 15 is 0 Å². The molecule has 0 spiro atoms. The van der Waals surface area contributed by atoms with Crippen LogP contribution in [0.4, 0.5) is 0 Å². The standard InChI is InChI=1S/C13H5Cl5O/c14-8-3-4-9(15)12(17)11(8)6-1-2-7(13(18)19)10(16)5-6/h1-5H.